The number of aryl methyl sites for hydroxylation is 2. The second-order valence-corrected chi connectivity index (χ2v) is 12.9. The van der Waals surface area contributed by atoms with Crippen molar-refractivity contribution >= 4 is 52.3 Å². The Balaban J connectivity index is 0.000000376. The highest BCUT2D eigenvalue weighted by molar-refractivity contribution is 8.01. The number of benzene rings is 2. The van der Waals surface area contributed by atoms with Gasteiger partial charge >= 0.3 is 5.97 Å². The second-order valence-electron chi connectivity index (χ2n) is 9.25. The lowest BCUT2D eigenvalue weighted by atomic mass is 9.94. The zero-order chi connectivity index (χ0) is 27.8. The lowest BCUT2D eigenvalue weighted by molar-refractivity contribution is 0.0688. The molecule has 7 nitrogen and oxygen atoms in total. The SMILES string of the molecule is Cc1nn(-c2nc(-c3ccc(Cl)c(Cl)c3)c(SC(C)C)s2)c(C(=O)O)c1-c1cnoc1C.c1cc2cc(c1)C2. The van der Waals surface area contributed by atoms with Gasteiger partial charge in [-0.05, 0) is 43.5 Å². The molecule has 5 aromatic rings. The van der Waals surface area contributed by atoms with Gasteiger partial charge in [-0.3, -0.25) is 0 Å². The van der Waals surface area contributed by atoms with Crippen molar-refractivity contribution in [2.24, 2.45) is 0 Å². The molecule has 0 spiro atoms. The molecule has 200 valence electrons. The molecule has 1 N–H and O–H groups in total. The Morgan fingerprint density at radius 2 is 1.85 bits per heavy atom. The summed E-state index contributed by atoms with van der Waals surface area (Å²) in [4.78, 5) is 17.1. The topological polar surface area (TPSA) is 94.0 Å². The number of aromatic carboxylic acids is 1. The first-order valence-corrected chi connectivity index (χ1v) is 14.5. The van der Waals surface area contributed by atoms with Gasteiger partial charge in [0.2, 0.25) is 5.13 Å². The first kappa shape index (κ1) is 27.5. The van der Waals surface area contributed by atoms with Gasteiger partial charge in [0.1, 0.15) is 5.76 Å². The molecule has 0 amide bonds. The number of carbonyl (C=O) groups is 1. The molecule has 0 atom stereocenters. The first-order chi connectivity index (χ1) is 18.6. The summed E-state index contributed by atoms with van der Waals surface area (Å²) < 4.78 is 7.45. The third-order valence-electron chi connectivity index (χ3n) is 5.98. The Morgan fingerprint density at radius 1 is 1.13 bits per heavy atom. The minimum atomic E-state index is -1.12. The standard InChI is InChI=1S/C21H18Cl2N4O3S2.C7H6/c1-9(2)31-20-17(12-5-6-14(22)15(23)7-12)25-21(32-20)27-18(19(28)29)16(10(3)26-27)13-8-24-30-11(13)4;1-2-6-4-7(3-1)5-6/h5-9H,1-4H3,(H,28,29);1-4H,5H2. The lowest BCUT2D eigenvalue weighted by Crippen LogP contribution is -2.09. The van der Waals surface area contributed by atoms with E-state index in [2.05, 4.69) is 48.4 Å². The second kappa shape index (κ2) is 11.2. The Kier molecular flexibility index (Phi) is 7.87. The Bertz CT molecular complexity index is 1670. The average Bonchev–Trinajstić information content (AvgIpc) is 3.57. The fourth-order valence-electron chi connectivity index (χ4n) is 4.18. The van der Waals surface area contributed by atoms with E-state index in [1.165, 1.54) is 39.8 Å². The summed E-state index contributed by atoms with van der Waals surface area (Å²) in [5, 5.41) is 19.9. The molecule has 7 rings (SSSR count). The minimum absolute atomic E-state index is 0.00401. The highest BCUT2D eigenvalue weighted by atomic mass is 35.5. The molecular weight excluding hydrogens is 575 g/mol. The predicted octanol–water partition coefficient (Wildman–Crippen LogP) is 8.36. The summed E-state index contributed by atoms with van der Waals surface area (Å²) in [6.45, 7) is 7.64. The highest BCUT2D eigenvalue weighted by Crippen LogP contribution is 2.42. The van der Waals surface area contributed by atoms with Crippen LogP contribution in [0, 0.1) is 13.8 Å². The van der Waals surface area contributed by atoms with Crippen LogP contribution < -0.4 is 0 Å². The molecule has 3 aromatic heterocycles. The van der Waals surface area contributed by atoms with Crippen molar-refractivity contribution in [1.29, 1.82) is 0 Å². The van der Waals surface area contributed by atoms with Gasteiger partial charge in [-0.2, -0.15) is 9.78 Å². The smallest absolute Gasteiger partial charge is 0.355 e. The van der Waals surface area contributed by atoms with E-state index >= 15 is 0 Å². The maximum absolute atomic E-state index is 12.3. The van der Waals surface area contributed by atoms with Gasteiger partial charge in [0.05, 0.1) is 31.8 Å². The largest absolute Gasteiger partial charge is 0.476 e. The van der Waals surface area contributed by atoms with Gasteiger partial charge in [-0.25, -0.2) is 9.78 Å². The number of nitrogens with zero attached hydrogens (tertiary/aromatic N) is 4. The van der Waals surface area contributed by atoms with Gasteiger partial charge in [0, 0.05) is 21.9 Å². The molecule has 2 aromatic carbocycles. The van der Waals surface area contributed by atoms with E-state index in [9.17, 15) is 9.90 Å². The number of hydrogen-bond donors (Lipinski definition) is 1. The van der Waals surface area contributed by atoms with Crippen LogP contribution in [0.1, 0.15) is 46.9 Å². The molecule has 3 heterocycles. The van der Waals surface area contributed by atoms with E-state index in [1.807, 2.05) is 6.07 Å². The number of fused-ring (bicyclic) bond motifs is 2. The van der Waals surface area contributed by atoms with Gasteiger partial charge in [-0.1, -0.05) is 83.9 Å². The van der Waals surface area contributed by atoms with E-state index in [4.69, 9.17) is 32.7 Å². The van der Waals surface area contributed by atoms with Crippen LogP contribution in [-0.4, -0.2) is 36.2 Å². The van der Waals surface area contributed by atoms with Crippen molar-refractivity contribution in [1.82, 2.24) is 19.9 Å². The van der Waals surface area contributed by atoms with Crippen LogP contribution in [0.25, 0.3) is 27.5 Å². The van der Waals surface area contributed by atoms with Crippen LogP contribution in [0.2, 0.25) is 10.0 Å². The monoisotopic (exact) mass is 598 g/mol. The third kappa shape index (κ3) is 5.63. The molecule has 0 saturated heterocycles. The van der Waals surface area contributed by atoms with Crippen LogP contribution in [0.3, 0.4) is 0 Å². The zero-order valence-electron chi connectivity index (χ0n) is 21.5. The molecule has 0 saturated carbocycles. The third-order valence-corrected chi connectivity index (χ3v) is 8.97. The number of carboxylic acid groups (broad SMARTS) is 1. The molecule has 0 aliphatic heterocycles. The van der Waals surface area contributed by atoms with Crippen molar-refractivity contribution in [2.45, 2.75) is 43.6 Å². The molecule has 0 fully saturated rings. The maximum atomic E-state index is 12.3. The minimum Gasteiger partial charge on any atom is -0.476 e. The maximum Gasteiger partial charge on any atom is 0.355 e. The number of carboxylic acids is 1. The molecule has 0 radical (unpaired) electrons. The molecule has 2 aliphatic carbocycles. The lowest BCUT2D eigenvalue weighted by Gasteiger charge is -2.11. The van der Waals surface area contributed by atoms with Crippen LogP contribution in [0.4, 0.5) is 0 Å². The normalized spacial score (nSPS) is 11.8. The van der Waals surface area contributed by atoms with Gasteiger partial charge < -0.3 is 9.63 Å². The molecule has 2 aliphatic rings. The van der Waals surface area contributed by atoms with E-state index in [0.717, 1.165) is 9.77 Å². The predicted molar refractivity (Wildman–Crippen MR) is 157 cm³/mol. The van der Waals surface area contributed by atoms with Crippen LogP contribution in [0.15, 0.2) is 57.4 Å². The van der Waals surface area contributed by atoms with Crippen molar-refractivity contribution < 1.29 is 14.4 Å². The zero-order valence-corrected chi connectivity index (χ0v) is 24.7. The molecule has 11 heteroatoms. The fraction of sp³-hybridized carbons (Fsp3) is 0.214. The fourth-order valence-corrected chi connectivity index (χ4v) is 6.96. The summed E-state index contributed by atoms with van der Waals surface area (Å²) in [6, 6.07) is 14.0. The number of halogens is 2. The van der Waals surface area contributed by atoms with Crippen molar-refractivity contribution in [2.75, 3.05) is 0 Å². The van der Waals surface area contributed by atoms with Crippen LogP contribution in [0.5, 0.6) is 0 Å². The summed E-state index contributed by atoms with van der Waals surface area (Å²) in [5.74, 6) is -0.604. The van der Waals surface area contributed by atoms with Crippen molar-refractivity contribution in [3.63, 3.8) is 0 Å². The number of rotatable bonds is 6. The van der Waals surface area contributed by atoms with E-state index in [1.54, 1.807) is 37.7 Å². The van der Waals surface area contributed by atoms with E-state index in [-0.39, 0.29) is 5.69 Å². The summed E-state index contributed by atoms with van der Waals surface area (Å²) in [7, 11) is 0. The van der Waals surface area contributed by atoms with Gasteiger partial charge in [-0.15, -0.1) is 11.8 Å². The Labute approximate surface area is 243 Å². The number of hydrogen-bond acceptors (Lipinski definition) is 7. The number of thiazole rings is 1. The molecule has 2 bridgehead atoms. The van der Waals surface area contributed by atoms with Crippen LogP contribution >= 0.6 is 46.3 Å². The van der Waals surface area contributed by atoms with Crippen molar-refractivity contribution in [3.8, 4) is 27.5 Å². The summed E-state index contributed by atoms with van der Waals surface area (Å²) in [5.41, 5.74) is 6.05. The molecule has 39 heavy (non-hydrogen) atoms. The highest BCUT2D eigenvalue weighted by Gasteiger charge is 2.28. The Hall–Kier alpha value is -3.11. The van der Waals surface area contributed by atoms with Crippen molar-refractivity contribution in [3.05, 3.63) is 87.0 Å². The van der Waals surface area contributed by atoms with Gasteiger partial charge in [0.15, 0.2) is 5.69 Å². The Morgan fingerprint density at radius 3 is 2.36 bits per heavy atom. The first-order valence-electron chi connectivity index (χ1n) is 12.1. The quantitative estimate of drug-likeness (QED) is 0.192. The van der Waals surface area contributed by atoms with Gasteiger partial charge in [0.25, 0.3) is 0 Å². The van der Waals surface area contributed by atoms with E-state index in [0.29, 0.717) is 48.7 Å². The van der Waals surface area contributed by atoms with E-state index < -0.39 is 5.97 Å². The van der Waals surface area contributed by atoms with Crippen LogP contribution in [-0.2, 0) is 6.42 Å². The number of thioether (sulfide) groups is 1. The summed E-state index contributed by atoms with van der Waals surface area (Å²) >= 11 is 15.3. The summed E-state index contributed by atoms with van der Waals surface area (Å²) in [6.07, 6.45) is 2.72. The molecule has 0 unspecified atom stereocenters. The molecular formula is C28H24Cl2N4O3S2. The average molecular weight is 600 g/mol. The number of aromatic nitrogens is 4.